The number of hydrogen-bond donors (Lipinski definition) is 3. The molecule has 0 unspecified atom stereocenters. The van der Waals surface area contributed by atoms with Crippen LogP contribution in [0.25, 0.3) is 0 Å². The maximum absolute atomic E-state index is 11.5. The van der Waals surface area contributed by atoms with Crippen molar-refractivity contribution in [3.63, 3.8) is 0 Å². The van der Waals surface area contributed by atoms with Gasteiger partial charge in [-0.2, -0.15) is 0 Å². The Bertz CT molecular complexity index is 365. The molecule has 1 aromatic carbocycles. The molecule has 3 N–H and O–H groups in total. The summed E-state index contributed by atoms with van der Waals surface area (Å²) in [6, 6.07) is 7.61. The second-order valence-corrected chi connectivity index (χ2v) is 4.38. The van der Waals surface area contributed by atoms with Gasteiger partial charge in [-0.25, -0.2) is 4.79 Å². The van der Waals surface area contributed by atoms with Crippen LogP contribution in [0.1, 0.15) is 0 Å². The highest BCUT2D eigenvalue weighted by Gasteiger charge is 2.18. The van der Waals surface area contributed by atoms with E-state index in [1.165, 1.54) is 0 Å². The zero-order valence-corrected chi connectivity index (χ0v) is 9.67. The van der Waals surface area contributed by atoms with Crippen LogP contribution in [-0.2, 0) is 0 Å². The number of amides is 2. The molecule has 0 atom stereocenters. The number of rotatable bonds is 2. The van der Waals surface area contributed by atoms with E-state index >= 15 is 0 Å². The number of anilines is 1. The molecule has 80 valence electrons. The first-order chi connectivity index (χ1) is 7.24. The quantitative estimate of drug-likeness (QED) is 0.763. The summed E-state index contributed by atoms with van der Waals surface area (Å²) in [5.41, 5.74) is 0.786. The van der Waals surface area contributed by atoms with Gasteiger partial charge in [0, 0.05) is 23.2 Å². The first-order valence-electron chi connectivity index (χ1n) is 4.78. The largest absolute Gasteiger partial charge is 0.333 e. The molecule has 1 aliphatic heterocycles. The van der Waals surface area contributed by atoms with E-state index in [2.05, 4.69) is 31.9 Å². The van der Waals surface area contributed by atoms with Crippen molar-refractivity contribution in [1.82, 2.24) is 10.6 Å². The minimum absolute atomic E-state index is 0.153. The zero-order chi connectivity index (χ0) is 10.7. The third kappa shape index (κ3) is 2.94. The van der Waals surface area contributed by atoms with Gasteiger partial charge >= 0.3 is 6.03 Å². The number of carbonyl (C=O) groups excluding carboxylic acids is 1. The minimum atomic E-state index is -0.153. The van der Waals surface area contributed by atoms with Crippen LogP contribution in [0.3, 0.4) is 0 Å². The van der Waals surface area contributed by atoms with Gasteiger partial charge in [-0.05, 0) is 18.2 Å². The minimum Gasteiger partial charge on any atom is -0.333 e. The highest BCUT2D eigenvalue weighted by atomic mass is 79.9. The van der Waals surface area contributed by atoms with Gasteiger partial charge in [0.25, 0.3) is 0 Å². The van der Waals surface area contributed by atoms with Gasteiger partial charge in [-0.15, -0.1) is 0 Å². The van der Waals surface area contributed by atoms with Crippen LogP contribution in [0, 0.1) is 0 Å². The number of nitrogens with one attached hydrogen (secondary N) is 3. The summed E-state index contributed by atoms with van der Waals surface area (Å²) in [6.45, 7) is 1.71. The molecule has 4 nitrogen and oxygen atoms in total. The summed E-state index contributed by atoms with van der Waals surface area (Å²) in [4.78, 5) is 11.5. The van der Waals surface area contributed by atoms with Gasteiger partial charge in [-0.1, -0.05) is 22.0 Å². The Hall–Kier alpha value is -1.07. The zero-order valence-electron chi connectivity index (χ0n) is 8.09. The van der Waals surface area contributed by atoms with Crippen molar-refractivity contribution < 1.29 is 4.79 Å². The molecule has 1 saturated heterocycles. The molecule has 1 heterocycles. The lowest BCUT2D eigenvalue weighted by Crippen LogP contribution is -2.57. The van der Waals surface area contributed by atoms with E-state index in [1.807, 2.05) is 24.3 Å². The fourth-order valence-electron chi connectivity index (χ4n) is 1.31. The molecule has 2 amide bonds. The topological polar surface area (TPSA) is 53.2 Å². The van der Waals surface area contributed by atoms with Crippen LogP contribution >= 0.6 is 15.9 Å². The molecule has 15 heavy (non-hydrogen) atoms. The average molecular weight is 270 g/mol. The lowest BCUT2D eigenvalue weighted by molar-refractivity contribution is 0.243. The maximum Gasteiger partial charge on any atom is 0.319 e. The fourth-order valence-corrected chi connectivity index (χ4v) is 1.71. The maximum atomic E-state index is 11.5. The molecule has 0 spiro atoms. The molecule has 2 rings (SSSR count). The summed E-state index contributed by atoms with van der Waals surface area (Å²) in [6.07, 6.45) is 0. The molecule has 0 radical (unpaired) electrons. The van der Waals surface area contributed by atoms with E-state index < -0.39 is 0 Å². The normalized spacial score (nSPS) is 15.5. The van der Waals surface area contributed by atoms with Crippen LogP contribution in [0.2, 0.25) is 0 Å². The number of hydrogen-bond acceptors (Lipinski definition) is 2. The first kappa shape index (κ1) is 10.4. The Labute approximate surface area is 96.6 Å². The van der Waals surface area contributed by atoms with Gasteiger partial charge in [0.05, 0.1) is 6.04 Å². The van der Waals surface area contributed by atoms with Crippen molar-refractivity contribution in [3.8, 4) is 0 Å². The van der Waals surface area contributed by atoms with Crippen LogP contribution in [-0.4, -0.2) is 25.2 Å². The van der Waals surface area contributed by atoms with E-state index in [1.54, 1.807) is 0 Å². The molecule has 5 heteroatoms. The van der Waals surface area contributed by atoms with Crippen LogP contribution in [0.15, 0.2) is 28.7 Å². The molecule has 1 fully saturated rings. The molecule has 0 bridgehead atoms. The van der Waals surface area contributed by atoms with E-state index in [0.29, 0.717) is 0 Å². The van der Waals surface area contributed by atoms with Gasteiger partial charge < -0.3 is 16.0 Å². The van der Waals surface area contributed by atoms with Crippen LogP contribution in [0.5, 0.6) is 0 Å². The van der Waals surface area contributed by atoms with Crippen molar-refractivity contribution in [3.05, 3.63) is 28.7 Å². The van der Waals surface area contributed by atoms with Crippen molar-refractivity contribution in [2.45, 2.75) is 6.04 Å². The van der Waals surface area contributed by atoms with Crippen molar-refractivity contribution in [2.24, 2.45) is 0 Å². The van der Waals surface area contributed by atoms with Gasteiger partial charge in [-0.3, -0.25) is 0 Å². The van der Waals surface area contributed by atoms with Crippen molar-refractivity contribution in [1.29, 1.82) is 0 Å². The van der Waals surface area contributed by atoms with E-state index in [-0.39, 0.29) is 12.1 Å². The second-order valence-electron chi connectivity index (χ2n) is 3.46. The van der Waals surface area contributed by atoms with Crippen LogP contribution in [0.4, 0.5) is 10.5 Å². The highest BCUT2D eigenvalue weighted by Crippen LogP contribution is 2.15. The Balaban J connectivity index is 1.87. The highest BCUT2D eigenvalue weighted by molar-refractivity contribution is 9.10. The third-order valence-electron chi connectivity index (χ3n) is 2.20. The van der Waals surface area contributed by atoms with E-state index in [4.69, 9.17) is 0 Å². The Morgan fingerprint density at radius 3 is 2.87 bits per heavy atom. The predicted octanol–water partition coefficient (Wildman–Crippen LogP) is 1.54. The van der Waals surface area contributed by atoms with Crippen molar-refractivity contribution in [2.75, 3.05) is 18.4 Å². The Kier molecular flexibility index (Phi) is 3.23. The van der Waals surface area contributed by atoms with Crippen molar-refractivity contribution >= 4 is 27.6 Å². The smallest absolute Gasteiger partial charge is 0.319 e. The van der Waals surface area contributed by atoms with Gasteiger partial charge in [0.1, 0.15) is 0 Å². The predicted molar refractivity (Wildman–Crippen MR) is 63.0 cm³/mol. The molecule has 1 aromatic rings. The summed E-state index contributed by atoms with van der Waals surface area (Å²) >= 11 is 3.35. The first-order valence-corrected chi connectivity index (χ1v) is 5.57. The third-order valence-corrected chi connectivity index (χ3v) is 2.69. The SMILES string of the molecule is O=C(Nc1cccc(Br)c1)NC1CNC1. The molecular formula is C10H12BrN3O. The molecule has 0 aliphatic carbocycles. The second kappa shape index (κ2) is 4.63. The lowest BCUT2D eigenvalue weighted by atomic mass is 10.2. The average Bonchev–Trinajstić information content (AvgIpc) is 2.11. The van der Waals surface area contributed by atoms with E-state index in [9.17, 15) is 4.79 Å². The van der Waals surface area contributed by atoms with Gasteiger partial charge in [0.2, 0.25) is 0 Å². The Morgan fingerprint density at radius 1 is 1.47 bits per heavy atom. The monoisotopic (exact) mass is 269 g/mol. The summed E-state index contributed by atoms with van der Waals surface area (Å²) in [7, 11) is 0. The standard InChI is InChI=1S/C10H12BrN3O/c11-7-2-1-3-8(4-7)13-10(15)14-9-5-12-6-9/h1-4,9,12H,5-6H2,(H2,13,14,15). The Morgan fingerprint density at radius 2 is 2.27 bits per heavy atom. The molecule has 0 saturated carbocycles. The molecule has 0 aromatic heterocycles. The number of benzene rings is 1. The number of urea groups is 1. The summed E-state index contributed by atoms with van der Waals surface area (Å²) in [5, 5.41) is 8.72. The van der Waals surface area contributed by atoms with Crippen LogP contribution < -0.4 is 16.0 Å². The van der Waals surface area contributed by atoms with E-state index in [0.717, 1.165) is 23.2 Å². The molecular weight excluding hydrogens is 258 g/mol. The van der Waals surface area contributed by atoms with Gasteiger partial charge in [0.15, 0.2) is 0 Å². The summed E-state index contributed by atoms with van der Waals surface area (Å²) in [5.74, 6) is 0. The summed E-state index contributed by atoms with van der Waals surface area (Å²) < 4.78 is 0.950. The lowest BCUT2D eigenvalue weighted by Gasteiger charge is -2.27. The molecule has 1 aliphatic rings. The number of halogens is 1. The fraction of sp³-hybridized carbons (Fsp3) is 0.300. The number of carbonyl (C=O) groups is 1.